The minimum absolute atomic E-state index is 0.370. The number of nitrogens with one attached hydrogen (secondary N) is 2. The molecule has 1 aliphatic heterocycles. The Morgan fingerprint density at radius 2 is 2.21 bits per heavy atom. The van der Waals surface area contributed by atoms with Crippen LogP contribution in [0.3, 0.4) is 0 Å². The molecule has 0 amide bonds. The number of rotatable bonds is 3. The summed E-state index contributed by atoms with van der Waals surface area (Å²) in [5, 5.41) is 4.57. The average Bonchev–Trinajstić information content (AvgIpc) is 3.05. The van der Waals surface area contributed by atoms with E-state index in [4.69, 9.17) is 0 Å². The summed E-state index contributed by atoms with van der Waals surface area (Å²) < 4.78 is 0.982. The van der Waals surface area contributed by atoms with Crippen molar-refractivity contribution in [1.82, 2.24) is 20.3 Å². The highest BCUT2D eigenvalue weighted by molar-refractivity contribution is 14.1. The van der Waals surface area contributed by atoms with E-state index in [1.165, 1.54) is 5.57 Å². The lowest BCUT2D eigenvalue weighted by Crippen LogP contribution is -2.31. The van der Waals surface area contributed by atoms with Gasteiger partial charge in [0.1, 0.15) is 9.35 Å². The Labute approximate surface area is 154 Å². The number of halogens is 1. The highest BCUT2D eigenvalue weighted by atomic mass is 127. The van der Waals surface area contributed by atoms with Gasteiger partial charge in [0.25, 0.3) is 0 Å². The molecule has 3 aromatic rings. The van der Waals surface area contributed by atoms with Crippen LogP contribution in [0.1, 0.15) is 12.1 Å². The van der Waals surface area contributed by atoms with Crippen LogP contribution in [0.15, 0.2) is 55.3 Å². The number of nitrogens with zero attached hydrogens (tertiary/aromatic N) is 2. The number of hydrogen-bond acceptors (Lipinski definition) is 3. The van der Waals surface area contributed by atoms with Crippen molar-refractivity contribution in [3.8, 4) is 11.3 Å². The molecule has 0 bridgehead atoms. The highest BCUT2D eigenvalue weighted by Gasteiger charge is 2.14. The molecule has 3 aromatic heterocycles. The fourth-order valence-electron chi connectivity index (χ4n) is 2.95. The van der Waals surface area contributed by atoms with E-state index < -0.39 is 0 Å². The molecule has 1 unspecified atom stereocenters. The first kappa shape index (κ1) is 15.5. The van der Waals surface area contributed by atoms with Crippen LogP contribution in [0.2, 0.25) is 0 Å². The van der Waals surface area contributed by atoms with E-state index in [0.29, 0.717) is 6.04 Å². The second-order valence-electron chi connectivity index (χ2n) is 5.88. The first-order chi connectivity index (χ1) is 11.7. The van der Waals surface area contributed by atoms with Crippen LogP contribution >= 0.6 is 22.6 Å². The van der Waals surface area contributed by atoms with Crippen LogP contribution in [0.25, 0.3) is 27.9 Å². The predicted molar refractivity (Wildman–Crippen MR) is 107 cm³/mol. The van der Waals surface area contributed by atoms with E-state index in [1.54, 1.807) is 0 Å². The maximum absolute atomic E-state index is 4.57. The summed E-state index contributed by atoms with van der Waals surface area (Å²) in [5.41, 5.74) is 5.30. The van der Waals surface area contributed by atoms with Crippen LogP contribution in [0, 0.1) is 3.70 Å². The molecule has 0 saturated carbocycles. The Morgan fingerprint density at radius 1 is 1.29 bits per heavy atom. The lowest BCUT2D eigenvalue weighted by Gasteiger charge is -2.20. The molecular formula is C19H17IN4. The van der Waals surface area contributed by atoms with Gasteiger partial charge in [0.05, 0.1) is 5.69 Å². The van der Waals surface area contributed by atoms with Crippen molar-refractivity contribution in [3.05, 3.63) is 64.7 Å². The summed E-state index contributed by atoms with van der Waals surface area (Å²) in [6.45, 7) is 4.69. The van der Waals surface area contributed by atoms with Gasteiger partial charge in [-0.05, 0) is 58.9 Å². The van der Waals surface area contributed by atoms with Crippen LogP contribution in [-0.2, 0) is 0 Å². The summed E-state index contributed by atoms with van der Waals surface area (Å²) >= 11 is 2.23. The number of fused-ring (bicyclic) bond motifs is 1. The number of aromatic amines is 1. The van der Waals surface area contributed by atoms with E-state index >= 15 is 0 Å². The summed E-state index contributed by atoms with van der Waals surface area (Å²) in [5.74, 6) is 0. The van der Waals surface area contributed by atoms with Crippen molar-refractivity contribution in [2.75, 3.05) is 6.54 Å². The molecule has 4 heterocycles. The summed E-state index contributed by atoms with van der Waals surface area (Å²) in [6.07, 6.45) is 7.08. The van der Waals surface area contributed by atoms with E-state index in [2.05, 4.69) is 67.6 Å². The number of aromatic nitrogens is 3. The third-order valence-electron chi connectivity index (χ3n) is 4.28. The Kier molecular flexibility index (Phi) is 4.20. The minimum atomic E-state index is 0.370. The molecule has 4 nitrogen and oxygen atoms in total. The molecule has 0 aromatic carbocycles. The zero-order valence-corrected chi connectivity index (χ0v) is 15.2. The van der Waals surface area contributed by atoms with Gasteiger partial charge in [0.2, 0.25) is 0 Å². The first-order valence-electron chi connectivity index (χ1n) is 7.90. The van der Waals surface area contributed by atoms with Crippen LogP contribution < -0.4 is 5.32 Å². The SMILES string of the molecule is C=CC1CC=C(c2cc3cc(-c4cccc(I)n4)cnc3[nH]2)CN1. The molecule has 0 saturated heterocycles. The van der Waals surface area contributed by atoms with Crippen molar-refractivity contribution in [2.24, 2.45) is 0 Å². The van der Waals surface area contributed by atoms with Gasteiger partial charge < -0.3 is 10.3 Å². The Hall–Kier alpha value is -1.99. The van der Waals surface area contributed by atoms with Gasteiger partial charge in [-0.3, -0.25) is 0 Å². The number of H-pyrrole nitrogens is 1. The maximum atomic E-state index is 4.57. The fourth-order valence-corrected chi connectivity index (χ4v) is 3.42. The molecule has 4 rings (SSSR count). The Morgan fingerprint density at radius 3 is 2.96 bits per heavy atom. The second-order valence-corrected chi connectivity index (χ2v) is 6.98. The van der Waals surface area contributed by atoms with Gasteiger partial charge in [0.15, 0.2) is 0 Å². The third-order valence-corrected chi connectivity index (χ3v) is 4.89. The summed E-state index contributed by atoms with van der Waals surface area (Å²) in [7, 11) is 0. The molecule has 0 aliphatic carbocycles. The molecular weight excluding hydrogens is 411 g/mol. The maximum Gasteiger partial charge on any atom is 0.137 e. The first-order valence-corrected chi connectivity index (χ1v) is 8.98. The van der Waals surface area contributed by atoms with Gasteiger partial charge >= 0.3 is 0 Å². The Bertz CT molecular complexity index is 941. The van der Waals surface area contributed by atoms with E-state index in [1.807, 2.05) is 30.5 Å². The van der Waals surface area contributed by atoms with Crippen LogP contribution in [0.5, 0.6) is 0 Å². The number of hydrogen-bond donors (Lipinski definition) is 2. The molecule has 1 aliphatic rings. The largest absolute Gasteiger partial charge is 0.339 e. The van der Waals surface area contributed by atoms with Gasteiger partial charge in [-0.15, -0.1) is 6.58 Å². The van der Waals surface area contributed by atoms with Gasteiger partial charge in [-0.1, -0.05) is 18.2 Å². The van der Waals surface area contributed by atoms with Crippen molar-refractivity contribution < 1.29 is 0 Å². The van der Waals surface area contributed by atoms with Gasteiger partial charge in [-0.25, -0.2) is 9.97 Å². The molecule has 5 heteroatoms. The minimum Gasteiger partial charge on any atom is -0.339 e. The van der Waals surface area contributed by atoms with Gasteiger partial charge in [-0.2, -0.15) is 0 Å². The monoisotopic (exact) mass is 428 g/mol. The number of pyridine rings is 2. The lowest BCUT2D eigenvalue weighted by molar-refractivity contribution is 0.627. The van der Waals surface area contributed by atoms with Crippen LogP contribution in [0.4, 0.5) is 0 Å². The zero-order valence-electron chi connectivity index (χ0n) is 13.1. The zero-order chi connectivity index (χ0) is 16.5. The highest BCUT2D eigenvalue weighted by Crippen LogP contribution is 2.26. The molecule has 0 spiro atoms. The molecule has 0 fully saturated rings. The normalized spacial score (nSPS) is 17.7. The summed E-state index contributed by atoms with van der Waals surface area (Å²) in [4.78, 5) is 12.6. The van der Waals surface area contributed by atoms with E-state index in [-0.39, 0.29) is 0 Å². The van der Waals surface area contributed by atoms with E-state index in [0.717, 1.165) is 44.7 Å². The molecule has 2 N–H and O–H groups in total. The summed E-state index contributed by atoms with van der Waals surface area (Å²) in [6, 6.07) is 10.7. The van der Waals surface area contributed by atoms with E-state index in [9.17, 15) is 0 Å². The third kappa shape index (κ3) is 3.01. The lowest BCUT2D eigenvalue weighted by atomic mass is 10.0. The fraction of sp³-hybridized carbons (Fsp3) is 0.158. The molecule has 120 valence electrons. The van der Waals surface area contributed by atoms with Crippen molar-refractivity contribution in [1.29, 1.82) is 0 Å². The average molecular weight is 428 g/mol. The van der Waals surface area contributed by atoms with Crippen LogP contribution in [-0.4, -0.2) is 27.5 Å². The standard InChI is InChI=1S/C19H17IN4/c1-2-15-7-6-12(10-21-15)17-9-13-8-14(11-22-19(13)24-17)16-4-3-5-18(20)23-16/h2-6,8-9,11,15,21H,1,7,10H2,(H,22,24). The molecule has 0 radical (unpaired) electrons. The van der Waals surface area contributed by atoms with Crippen molar-refractivity contribution in [2.45, 2.75) is 12.5 Å². The molecule has 1 atom stereocenters. The topological polar surface area (TPSA) is 53.6 Å². The van der Waals surface area contributed by atoms with Crippen molar-refractivity contribution >= 4 is 39.2 Å². The Balaban J connectivity index is 1.69. The molecule has 24 heavy (non-hydrogen) atoms. The second kappa shape index (κ2) is 6.49. The quantitative estimate of drug-likeness (QED) is 0.374. The van der Waals surface area contributed by atoms with Gasteiger partial charge in [0, 0.05) is 35.4 Å². The predicted octanol–water partition coefficient (Wildman–Crippen LogP) is 4.16. The smallest absolute Gasteiger partial charge is 0.137 e. The van der Waals surface area contributed by atoms with Crippen molar-refractivity contribution in [3.63, 3.8) is 0 Å².